The monoisotopic (exact) mass is 841 g/mol. The van der Waals surface area contributed by atoms with Gasteiger partial charge in [0.25, 0.3) is 0 Å². The van der Waals surface area contributed by atoms with Gasteiger partial charge in [0.15, 0.2) is 0 Å². The fourth-order valence-corrected chi connectivity index (χ4v) is 9.45. The van der Waals surface area contributed by atoms with Crippen LogP contribution in [-0.2, 0) is 6.42 Å². The molecule has 11 aromatic carbocycles. The van der Waals surface area contributed by atoms with Crippen molar-refractivity contribution in [2.75, 3.05) is 0 Å². The van der Waals surface area contributed by atoms with Gasteiger partial charge in [0, 0.05) is 5.56 Å². The second-order valence-corrected chi connectivity index (χ2v) is 16.8. The summed E-state index contributed by atoms with van der Waals surface area (Å²) in [5.74, 6) is 0.476. The smallest absolute Gasteiger partial charge is 0.131 e. The molecule has 0 saturated heterocycles. The molecule has 0 heterocycles. The van der Waals surface area contributed by atoms with E-state index in [0.717, 1.165) is 61.0 Å². The van der Waals surface area contributed by atoms with Crippen molar-refractivity contribution in [3.8, 4) is 50.6 Å². The second kappa shape index (κ2) is 17.4. The molecule has 0 aliphatic heterocycles. The van der Waals surface area contributed by atoms with E-state index in [0.29, 0.717) is 17.8 Å². The van der Waals surface area contributed by atoms with E-state index in [4.69, 9.17) is 10.7 Å². The average molecular weight is 842 g/mol. The lowest BCUT2D eigenvalue weighted by molar-refractivity contribution is 1.26. The molecule has 0 aliphatic rings. The van der Waals surface area contributed by atoms with E-state index in [9.17, 15) is 5.26 Å². The summed E-state index contributed by atoms with van der Waals surface area (Å²) in [5.41, 5.74) is 20.2. The zero-order valence-electron chi connectivity index (χ0n) is 36.2. The number of benzene rings is 11. The van der Waals surface area contributed by atoms with Crippen LogP contribution in [0.5, 0.6) is 0 Å². The van der Waals surface area contributed by atoms with Crippen LogP contribution in [0.25, 0.3) is 93.3 Å². The number of rotatable bonds is 9. The Labute approximate surface area is 384 Å². The number of allylic oxidation sites excluding steroid dienone is 1. The van der Waals surface area contributed by atoms with Gasteiger partial charge in [-0.2, -0.15) is 5.26 Å². The summed E-state index contributed by atoms with van der Waals surface area (Å²) >= 11 is 0. The summed E-state index contributed by atoms with van der Waals surface area (Å²) in [4.78, 5) is 5.07. The third kappa shape index (κ3) is 7.68. The number of hydrogen-bond acceptors (Lipinski definition) is 2. The minimum Gasteiger partial charge on any atom is -0.383 e. The molecule has 0 unspecified atom stereocenters. The van der Waals surface area contributed by atoms with Gasteiger partial charge in [-0.25, -0.2) is 4.99 Å². The summed E-state index contributed by atoms with van der Waals surface area (Å²) in [7, 11) is 0. The lowest BCUT2D eigenvalue weighted by Gasteiger charge is -2.14. The first-order valence-corrected chi connectivity index (χ1v) is 22.3. The number of nitriles is 1. The van der Waals surface area contributed by atoms with E-state index in [1.807, 2.05) is 36.4 Å². The van der Waals surface area contributed by atoms with Crippen molar-refractivity contribution >= 4 is 54.6 Å². The molecule has 3 heteroatoms. The minimum absolute atomic E-state index is 0.476. The molecule has 0 bridgehead atoms. The van der Waals surface area contributed by atoms with Crippen molar-refractivity contribution in [1.29, 1.82) is 5.26 Å². The zero-order chi connectivity index (χ0) is 44.4. The quantitative estimate of drug-likeness (QED) is 0.0894. The first-order chi connectivity index (χ1) is 32.6. The summed E-state index contributed by atoms with van der Waals surface area (Å²) < 4.78 is 0. The molecule has 0 fully saturated rings. The van der Waals surface area contributed by atoms with E-state index in [1.165, 1.54) is 49.0 Å². The summed E-state index contributed by atoms with van der Waals surface area (Å²) in [6, 6.07) is 83.4. The molecular weight excluding hydrogens is 799 g/mol. The van der Waals surface area contributed by atoms with Crippen LogP contribution >= 0.6 is 0 Å². The molecule has 0 atom stereocenters. The first kappa shape index (κ1) is 40.0. The van der Waals surface area contributed by atoms with Crippen LogP contribution < -0.4 is 5.73 Å². The van der Waals surface area contributed by atoms with Crippen LogP contribution in [-0.4, -0.2) is 5.84 Å². The first-order valence-electron chi connectivity index (χ1n) is 22.3. The highest BCUT2D eigenvalue weighted by molar-refractivity contribution is 6.17. The minimum atomic E-state index is 0.476. The Kier molecular flexibility index (Phi) is 10.5. The number of nitrogens with zero attached hydrogens (tertiary/aromatic N) is 2. The Morgan fingerprint density at radius 2 is 0.955 bits per heavy atom. The molecule has 11 rings (SSSR count). The summed E-state index contributed by atoms with van der Waals surface area (Å²) in [5, 5.41) is 19.8. The zero-order valence-corrected chi connectivity index (χ0v) is 36.2. The lowest BCUT2D eigenvalue weighted by atomic mass is 9.89. The van der Waals surface area contributed by atoms with E-state index >= 15 is 0 Å². The maximum absolute atomic E-state index is 10.2. The number of fused-ring (bicyclic) bond motifs is 6. The van der Waals surface area contributed by atoms with Crippen molar-refractivity contribution in [2.24, 2.45) is 10.7 Å². The Morgan fingerprint density at radius 1 is 0.424 bits per heavy atom. The van der Waals surface area contributed by atoms with Crippen molar-refractivity contribution in [2.45, 2.75) is 6.42 Å². The van der Waals surface area contributed by atoms with Crippen LogP contribution in [0.3, 0.4) is 0 Å². The molecule has 11 aromatic rings. The molecule has 310 valence electrons. The van der Waals surface area contributed by atoms with Crippen molar-refractivity contribution in [1.82, 2.24) is 0 Å². The second-order valence-electron chi connectivity index (χ2n) is 16.8. The Balaban J connectivity index is 0.867. The molecule has 66 heavy (non-hydrogen) atoms. The normalized spacial score (nSPS) is 11.9. The third-order valence-electron chi connectivity index (χ3n) is 12.8. The molecule has 0 aromatic heterocycles. The highest BCUT2D eigenvalue weighted by Crippen LogP contribution is 2.39. The number of hydrogen-bond donors (Lipinski definition) is 1. The van der Waals surface area contributed by atoms with Crippen LogP contribution in [0.15, 0.2) is 242 Å². The maximum Gasteiger partial charge on any atom is 0.131 e. The van der Waals surface area contributed by atoms with Gasteiger partial charge in [-0.3, -0.25) is 0 Å². The van der Waals surface area contributed by atoms with Gasteiger partial charge in [-0.15, -0.1) is 0 Å². The average Bonchev–Trinajstić information content (AvgIpc) is 3.39. The largest absolute Gasteiger partial charge is 0.383 e. The van der Waals surface area contributed by atoms with Crippen LogP contribution in [0.1, 0.15) is 22.3 Å². The van der Waals surface area contributed by atoms with Crippen molar-refractivity contribution in [3.63, 3.8) is 0 Å². The summed E-state index contributed by atoms with van der Waals surface area (Å²) in [6.45, 7) is 0. The van der Waals surface area contributed by atoms with Crippen LogP contribution in [0.4, 0.5) is 0 Å². The SMILES string of the molecule is N#Cc1cc(-c2ccc(C/C=C(\N=C(N)c3cccc4c3ccc3ccccc34)c3ccccc3)cc2)cc(-c2ccc(-c3ccccc3-c3cccc4c3ccc3ccccc34)cc2)c1. The van der Waals surface area contributed by atoms with Gasteiger partial charge in [0.2, 0.25) is 0 Å². The van der Waals surface area contributed by atoms with E-state index in [-0.39, 0.29) is 0 Å². The number of amidine groups is 1. The predicted octanol–water partition coefficient (Wildman–Crippen LogP) is 15.8. The van der Waals surface area contributed by atoms with Crippen molar-refractivity contribution < 1.29 is 0 Å². The topological polar surface area (TPSA) is 62.2 Å². The Hall–Kier alpha value is -8.84. The fraction of sp³-hybridized carbons (Fsp3) is 0.0159. The molecule has 3 nitrogen and oxygen atoms in total. The van der Waals surface area contributed by atoms with Gasteiger partial charge < -0.3 is 5.73 Å². The third-order valence-corrected chi connectivity index (χ3v) is 12.8. The van der Waals surface area contributed by atoms with Crippen molar-refractivity contribution in [3.05, 3.63) is 259 Å². The highest BCUT2D eigenvalue weighted by atomic mass is 14.9. The molecule has 0 amide bonds. The maximum atomic E-state index is 10.2. The lowest BCUT2D eigenvalue weighted by Crippen LogP contribution is -2.14. The van der Waals surface area contributed by atoms with E-state index in [2.05, 4.69) is 206 Å². The van der Waals surface area contributed by atoms with Gasteiger partial charge in [-0.05, 0) is 123 Å². The molecule has 0 saturated carbocycles. The van der Waals surface area contributed by atoms with Gasteiger partial charge in [0.05, 0.1) is 17.3 Å². The Bertz CT molecular complexity index is 3720. The van der Waals surface area contributed by atoms with E-state index in [1.54, 1.807) is 0 Å². The predicted molar refractivity (Wildman–Crippen MR) is 278 cm³/mol. The summed E-state index contributed by atoms with van der Waals surface area (Å²) in [6.07, 6.45) is 2.82. The van der Waals surface area contributed by atoms with Gasteiger partial charge >= 0.3 is 0 Å². The standard InChI is InChI=1S/C63H43N3/c64-41-43-38-50(40-51(39-43)45-29-31-48(32-30-45)54-18-8-9-19-55(54)58-22-10-20-56-52-16-6-4-12-46(52)33-35-59(56)58)44-27-24-42(25-28-44)26-37-62(49-14-2-1-3-15-49)66-63(65)61-23-11-21-57-53-17-7-5-13-47(53)34-36-60(57)61/h1-25,27-40H,26H2,(H2,65,66)/b62-37-. The molecule has 0 spiro atoms. The molecule has 2 N–H and O–H groups in total. The molecule has 0 radical (unpaired) electrons. The van der Waals surface area contributed by atoms with Gasteiger partial charge in [0.1, 0.15) is 5.84 Å². The van der Waals surface area contributed by atoms with Gasteiger partial charge in [-0.1, -0.05) is 218 Å². The Morgan fingerprint density at radius 3 is 1.64 bits per heavy atom. The molecular formula is C63H43N3. The van der Waals surface area contributed by atoms with Crippen LogP contribution in [0.2, 0.25) is 0 Å². The number of nitrogens with two attached hydrogens (primary N) is 1. The van der Waals surface area contributed by atoms with Crippen LogP contribution in [0, 0.1) is 11.3 Å². The highest BCUT2D eigenvalue weighted by Gasteiger charge is 2.14. The fourth-order valence-electron chi connectivity index (χ4n) is 9.45. The molecule has 0 aliphatic carbocycles. The number of aliphatic imine (C=N–C) groups is 1. The van der Waals surface area contributed by atoms with E-state index < -0.39 is 0 Å².